The highest BCUT2D eigenvalue weighted by atomic mass is 16.5. The lowest BCUT2D eigenvalue weighted by Gasteiger charge is -2.37. The summed E-state index contributed by atoms with van der Waals surface area (Å²) in [4.78, 5) is 0. The summed E-state index contributed by atoms with van der Waals surface area (Å²) in [6.45, 7) is 4.70. The number of hydrogen-bond acceptors (Lipinski definition) is 2. The van der Waals surface area contributed by atoms with Crippen LogP contribution in [0.1, 0.15) is 44.6 Å². The molecular weight excluding hydrogens is 222 g/mol. The highest BCUT2D eigenvalue weighted by Crippen LogP contribution is 2.47. The Morgan fingerprint density at radius 2 is 1.78 bits per heavy atom. The predicted octanol–water partition coefficient (Wildman–Crippen LogP) is 3.33. The summed E-state index contributed by atoms with van der Waals surface area (Å²) in [6.07, 6.45) is 3.93. The van der Waals surface area contributed by atoms with Crippen LogP contribution in [-0.2, 0) is 0 Å². The molecule has 0 bridgehead atoms. The monoisotopic (exact) mass is 245 g/mol. The van der Waals surface area contributed by atoms with Crippen molar-refractivity contribution in [3.8, 4) is 5.75 Å². The molecule has 0 spiro atoms. The molecule has 1 N–H and O–H groups in total. The van der Waals surface area contributed by atoms with Crippen LogP contribution < -0.4 is 10.1 Å². The molecule has 0 aliphatic heterocycles. The molecule has 0 amide bonds. The summed E-state index contributed by atoms with van der Waals surface area (Å²) in [5.41, 5.74) is 2.01. The zero-order chi connectivity index (χ0) is 12.8. The van der Waals surface area contributed by atoms with Crippen molar-refractivity contribution in [2.24, 2.45) is 5.41 Å². The molecule has 2 fully saturated rings. The fraction of sp³-hybridized carbons (Fsp3) is 0.625. The van der Waals surface area contributed by atoms with Crippen molar-refractivity contribution in [1.29, 1.82) is 0 Å². The Kier molecular flexibility index (Phi) is 2.86. The van der Waals surface area contributed by atoms with E-state index in [1.807, 2.05) is 0 Å². The minimum atomic E-state index is 0.547. The zero-order valence-corrected chi connectivity index (χ0v) is 11.6. The molecule has 0 heterocycles. The Bertz CT molecular complexity index is 417. The van der Waals surface area contributed by atoms with E-state index in [9.17, 15) is 0 Å². The molecule has 2 saturated carbocycles. The van der Waals surface area contributed by atoms with Crippen LogP contribution in [0.25, 0.3) is 0 Å². The Hall–Kier alpha value is -1.02. The summed E-state index contributed by atoms with van der Waals surface area (Å²) < 4.78 is 5.19. The number of nitrogens with one attached hydrogen (secondary N) is 1. The first-order chi connectivity index (χ1) is 8.58. The van der Waals surface area contributed by atoms with Crippen LogP contribution in [-0.4, -0.2) is 19.2 Å². The van der Waals surface area contributed by atoms with Gasteiger partial charge >= 0.3 is 0 Å². The van der Waals surface area contributed by atoms with Crippen molar-refractivity contribution in [3.63, 3.8) is 0 Å². The van der Waals surface area contributed by atoms with Crippen molar-refractivity contribution in [1.82, 2.24) is 5.32 Å². The van der Waals surface area contributed by atoms with E-state index in [-0.39, 0.29) is 0 Å². The van der Waals surface area contributed by atoms with Gasteiger partial charge in [0.25, 0.3) is 0 Å². The second-order valence-electron chi connectivity index (χ2n) is 6.55. The van der Waals surface area contributed by atoms with E-state index in [0.717, 1.165) is 23.8 Å². The van der Waals surface area contributed by atoms with E-state index in [0.29, 0.717) is 5.41 Å². The van der Waals surface area contributed by atoms with Crippen molar-refractivity contribution < 1.29 is 4.74 Å². The average molecular weight is 245 g/mol. The molecule has 0 saturated heterocycles. The van der Waals surface area contributed by atoms with Crippen LogP contribution >= 0.6 is 0 Å². The molecule has 0 aromatic heterocycles. The van der Waals surface area contributed by atoms with Gasteiger partial charge in [-0.05, 0) is 48.3 Å². The Balaban J connectivity index is 1.49. The maximum atomic E-state index is 5.19. The third-order valence-corrected chi connectivity index (χ3v) is 4.68. The molecule has 1 atom stereocenters. The van der Waals surface area contributed by atoms with Crippen LogP contribution in [0, 0.1) is 5.41 Å². The van der Waals surface area contributed by atoms with Gasteiger partial charge < -0.3 is 10.1 Å². The minimum absolute atomic E-state index is 0.547. The van der Waals surface area contributed by atoms with Gasteiger partial charge in [-0.15, -0.1) is 0 Å². The molecule has 1 aromatic carbocycles. The molecule has 0 radical (unpaired) electrons. The second-order valence-corrected chi connectivity index (χ2v) is 6.55. The van der Waals surface area contributed by atoms with Gasteiger partial charge in [0.2, 0.25) is 0 Å². The van der Waals surface area contributed by atoms with Gasteiger partial charge in [0, 0.05) is 12.1 Å². The second kappa shape index (κ2) is 4.27. The van der Waals surface area contributed by atoms with Crippen LogP contribution in [0.3, 0.4) is 0 Å². The molecular formula is C16H23NO. The van der Waals surface area contributed by atoms with Gasteiger partial charge in [-0.25, -0.2) is 0 Å². The topological polar surface area (TPSA) is 21.3 Å². The van der Waals surface area contributed by atoms with Crippen LogP contribution in [0.2, 0.25) is 0 Å². The van der Waals surface area contributed by atoms with Crippen molar-refractivity contribution in [2.45, 2.75) is 51.1 Å². The van der Waals surface area contributed by atoms with Crippen LogP contribution in [0.15, 0.2) is 24.3 Å². The molecule has 2 heteroatoms. The Morgan fingerprint density at radius 1 is 1.17 bits per heavy atom. The number of methoxy groups -OCH3 is 1. The van der Waals surface area contributed by atoms with Gasteiger partial charge in [-0.2, -0.15) is 0 Å². The Labute approximate surface area is 110 Å². The lowest BCUT2D eigenvalue weighted by atomic mass is 9.76. The number of rotatable bonds is 4. The quantitative estimate of drug-likeness (QED) is 0.878. The third-order valence-electron chi connectivity index (χ3n) is 4.68. The molecule has 18 heavy (non-hydrogen) atoms. The largest absolute Gasteiger partial charge is 0.497 e. The third kappa shape index (κ3) is 2.26. The fourth-order valence-corrected chi connectivity index (χ4v) is 2.94. The fourth-order valence-electron chi connectivity index (χ4n) is 2.94. The maximum Gasteiger partial charge on any atom is 0.118 e. The predicted molar refractivity (Wildman–Crippen MR) is 74.1 cm³/mol. The van der Waals surface area contributed by atoms with Crippen molar-refractivity contribution in [3.05, 3.63) is 29.8 Å². The normalized spacial score (nSPS) is 32.7. The van der Waals surface area contributed by atoms with Gasteiger partial charge in [0.1, 0.15) is 5.75 Å². The highest BCUT2D eigenvalue weighted by molar-refractivity contribution is 5.31. The molecule has 98 valence electrons. The summed E-state index contributed by atoms with van der Waals surface area (Å²) >= 11 is 0. The average Bonchev–Trinajstić information content (AvgIpc) is 2.91. The van der Waals surface area contributed by atoms with E-state index in [1.54, 1.807) is 7.11 Å². The molecule has 2 aliphatic carbocycles. The summed E-state index contributed by atoms with van der Waals surface area (Å²) in [7, 11) is 1.72. The van der Waals surface area contributed by atoms with E-state index >= 15 is 0 Å². The van der Waals surface area contributed by atoms with E-state index in [4.69, 9.17) is 4.74 Å². The smallest absolute Gasteiger partial charge is 0.118 e. The van der Waals surface area contributed by atoms with Gasteiger partial charge in [0.05, 0.1) is 7.11 Å². The lowest BCUT2D eigenvalue weighted by Crippen LogP contribution is -2.42. The summed E-state index contributed by atoms with van der Waals surface area (Å²) in [6, 6.07) is 10.1. The first-order valence-electron chi connectivity index (χ1n) is 6.98. The molecule has 1 unspecified atom stereocenters. The van der Waals surface area contributed by atoms with E-state index in [2.05, 4.69) is 43.4 Å². The van der Waals surface area contributed by atoms with Crippen LogP contribution in [0.4, 0.5) is 0 Å². The maximum absolute atomic E-state index is 5.19. The SMILES string of the molecule is COc1ccc(C2CC(NC3CC3(C)C)C2)cc1. The van der Waals surface area contributed by atoms with Gasteiger partial charge in [-0.3, -0.25) is 0 Å². The Morgan fingerprint density at radius 3 is 2.28 bits per heavy atom. The first kappa shape index (κ1) is 12.0. The molecule has 2 nitrogen and oxygen atoms in total. The van der Waals surface area contributed by atoms with Crippen molar-refractivity contribution >= 4 is 0 Å². The van der Waals surface area contributed by atoms with Crippen LogP contribution in [0.5, 0.6) is 5.75 Å². The zero-order valence-electron chi connectivity index (χ0n) is 11.6. The minimum Gasteiger partial charge on any atom is -0.497 e. The van der Waals surface area contributed by atoms with Crippen molar-refractivity contribution in [2.75, 3.05) is 7.11 Å². The summed E-state index contributed by atoms with van der Waals surface area (Å²) in [5, 5.41) is 3.78. The number of ether oxygens (including phenoxy) is 1. The van der Waals surface area contributed by atoms with E-state index in [1.165, 1.54) is 24.8 Å². The number of benzene rings is 1. The first-order valence-corrected chi connectivity index (χ1v) is 6.98. The molecule has 1 aromatic rings. The molecule has 3 rings (SSSR count). The molecule has 2 aliphatic rings. The van der Waals surface area contributed by atoms with Gasteiger partial charge in [-0.1, -0.05) is 26.0 Å². The standard InChI is InChI=1S/C16H23NO/c1-16(2)10-15(16)17-13-8-12(9-13)11-4-6-14(18-3)7-5-11/h4-7,12-13,15,17H,8-10H2,1-3H3. The van der Waals surface area contributed by atoms with Gasteiger partial charge in [0.15, 0.2) is 0 Å². The lowest BCUT2D eigenvalue weighted by molar-refractivity contribution is 0.279. The highest BCUT2D eigenvalue weighted by Gasteiger charge is 2.47. The number of hydrogen-bond donors (Lipinski definition) is 1. The van der Waals surface area contributed by atoms with E-state index < -0.39 is 0 Å². The summed E-state index contributed by atoms with van der Waals surface area (Å²) in [5.74, 6) is 1.70.